The highest BCUT2D eigenvalue weighted by atomic mass is 32.2. The van der Waals surface area contributed by atoms with Crippen LogP contribution in [0.2, 0.25) is 0 Å². The Bertz CT molecular complexity index is 468. The van der Waals surface area contributed by atoms with Crippen molar-refractivity contribution < 1.29 is 0 Å². The van der Waals surface area contributed by atoms with Crippen molar-refractivity contribution >= 4 is 11.8 Å². The lowest BCUT2D eigenvalue weighted by Crippen LogP contribution is -1.84. The Morgan fingerprint density at radius 1 is 0.833 bits per heavy atom. The number of rotatable bonds is 5. The second-order valence-corrected chi connectivity index (χ2v) is 5.81. The zero-order valence-electron chi connectivity index (χ0n) is 11.1. The highest BCUT2D eigenvalue weighted by Gasteiger charge is 1.98. The van der Waals surface area contributed by atoms with Crippen molar-refractivity contribution in [1.82, 2.24) is 0 Å². The molecule has 0 unspecified atom stereocenters. The summed E-state index contributed by atoms with van der Waals surface area (Å²) in [5.41, 5.74) is 2.76. The van der Waals surface area contributed by atoms with Crippen LogP contribution in [-0.2, 0) is 6.42 Å². The molecule has 2 aromatic rings. The summed E-state index contributed by atoms with van der Waals surface area (Å²) in [7, 11) is 0. The van der Waals surface area contributed by atoms with Crippen LogP contribution < -0.4 is 0 Å². The number of benzene rings is 2. The molecule has 0 amide bonds. The Morgan fingerprint density at radius 2 is 1.39 bits per heavy atom. The quantitative estimate of drug-likeness (QED) is 0.681. The lowest BCUT2D eigenvalue weighted by atomic mass is 10.1. The Kier molecular flexibility index (Phi) is 4.89. The Morgan fingerprint density at radius 3 is 1.94 bits per heavy atom. The minimum atomic E-state index is 1.20. The summed E-state index contributed by atoms with van der Waals surface area (Å²) < 4.78 is 0. The average Bonchev–Trinajstić information content (AvgIpc) is 2.41. The maximum Gasteiger partial charge on any atom is 0.0122 e. The summed E-state index contributed by atoms with van der Waals surface area (Å²) in [6.45, 7) is 4.36. The molecule has 2 rings (SSSR count). The van der Waals surface area contributed by atoms with Crippen molar-refractivity contribution in [2.45, 2.75) is 42.9 Å². The van der Waals surface area contributed by atoms with E-state index in [0.717, 1.165) is 0 Å². The van der Waals surface area contributed by atoms with E-state index in [1.807, 2.05) is 11.8 Å². The molecular weight excluding hydrogens is 236 g/mol. The molecule has 1 heteroatoms. The molecule has 0 nitrogen and oxygen atoms in total. The van der Waals surface area contributed by atoms with Crippen LogP contribution in [0.3, 0.4) is 0 Å². The summed E-state index contributed by atoms with van der Waals surface area (Å²) in [5.74, 6) is 0. The van der Waals surface area contributed by atoms with Gasteiger partial charge in [0.05, 0.1) is 0 Å². The fourth-order valence-corrected chi connectivity index (χ4v) is 2.66. The van der Waals surface area contributed by atoms with Gasteiger partial charge in [0.25, 0.3) is 0 Å². The molecule has 0 spiro atoms. The maximum atomic E-state index is 2.26. The van der Waals surface area contributed by atoms with Crippen LogP contribution in [-0.4, -0.2) is 0 Å². The third-order valence-electron chi connectivity index (χ3n) is 3.00. The number of unbranched alkanes of at least 4 members (excludes halogenated alkanes) is 1. The molecule has 0 fully saturated rings. The molecule has 94 valence electrons. The second-order valence-electron chi connectivity index (χ2n) is 4.66. The van der Waals surface area contributed by atoms with Crippen LogP contribution in [0.4, 0.5) is 0 Å². The average molecular weight is 256 g/mol. The lowest BCUT2D eigenvalue weighted by molar-refractivity contribution is 0.794. The van der Waals surface area contributed by atoms with E-state index in [2.05, 4.69) is 62.4 Å². The van der Waals surface area contributed by atoms with Crippen LogP contribution in [0, 0.1) is 6.92 Å². The summed E-state index contributed by atoms with van der Waals surface area (Å²) in [4.78, 5) is 2.63. The first-order valence-electron chi connectivity index (χ1n) is 6.61. The molecule has 0 aliphatic carbocycles. The Balaban J connectivity index is 1.99. The Labute approximate surface area is 114 Å². The molecule has 0 saturated carbocycles. The van der Waals surface area contributed by atoms with E-state index >= 15 is 0 Å². The van der Waals surface area contributed by atoms with Gasteiger partial charge in [-0.25, -0.2) is 0 Å². The second kappa shape index (κ2) is 6.65. The first-order chi connectivity index (χ1) is 8.78. The SMILES string of the molecule is CCCCc1ccc(Sc2ccc(C)cc2)cc1. The van der Waals surface area contributed by atoms with E-state index in [9.17, 15) is 0 Å². The van der Waals surface area contributed by atoms with Crippen molar-refractivity contribution in [2.24, 2.45) is 0 Å². The number of aryl methyl sites for hydroxylation is 2. The maximum absolute atomic E-state index is 2.26. The first-order valence-corrected chi connectivity index (χ1v) is 7.43. The molecule has 2 aromatic carbocycles. The van der Waals surface area contributed by atoms with Crippen molar-refractivity contribution in [3.63, 3.8) is 0 Å². The van der Waals surface area contributed by atoms with E-state index in [4.69, 9.17) is 0 Å². The van der Waals surface area contributed by atoms with Gasteiger partial charge in [0, 0.05) is 9.79 Å². The predicted molar refractivity (Wildman–Crippen MR) is 80.4 cm³/mol. The minimum absolute atomic E-state index is 1.20. The molecule has 0 heterocycles. The van der Waals surface area contributed by atoms with Crippen molar-refractivity contribution in [3.05, 3.63) is 59.7 Å². The van der Waals surface area contributed by atoms with E-state index in [1.165, 1.54) is 40.2 Å². The third-order valence-corrected chi connectivity index (χ3v) is 4.01. The molecule has 0 aliphatic heterocycles. The van der Waals surface area contributed by atoms with Crippen molar-refractivity contribution in [1.29, 1.82) is 0 Å². The summed E-state index contributed by atoms with van der Waals surface area (Å²) in [6.07, 6.45) is 3.75. The van der Waals surface area contributed by atoms with Crippen LogP contribution in [0.5, 0.6) is 0 Å². The smallest absolute Gasteiger partial charge is 0.0122 e. The van der Waals surface area contributed by atoms with Gasteiger partial charge in [0.1, 0.15) is 0 Å². The van der Waals surface area contributed by atoms with Crippen LogP contribution in [0.15, 0.2) is 58.3 Å². The van der Waals surface area contributed by atoms with Gasteiger partial charge in [0.2, 0.25) is 0 Å². The third kappa shape index (κ3) is 3.92. The molecule has 0 radical (unpaired) electrons. The van der Waals surface area contributed by atoms with Gasteiger partial charge in [-0.3, -0.25) is 0 Å². The fraction of sp³-hybridized carbons (Fsp3) is 0.294. The van der Waals surface area contributed by atoms with E-state index in [1.54, 1.807) is 0 Å². The molecule has 0 N–H and O–H groups in total. The highest BCUT2D eigenvalue weighted by Crippen LogP contribution is 2.28. The number of hydrogen-bond acceptors (Lipinski definition) is 1. The highest BCUT2D eigenvalue weighted by molar-refractivity contribution is 7.99. The summed E-state index contributed by atoms with van der Waals surface area (Å²) in [5, 5.41) is 0. The monoisotopic (exact) mass is 256 g/mol. The van der Waals surface area contributed by atoms with Crippen LogP contribution in [0.1, 0.15) is 30.9 Å². The van der Waals surface area contributed by atoms with Crippen molar-refractivity contribution in [2.75, 3.05) is 0 Å². The zero-order valence-corrected chi connectivity index (χ0v) is 12.0. The van der Waals surface area contributed by atoms with E-state index in [0.29, 0.717) is 0 Å². The van der Waals surface area contributed by atoms with Gasteiger partial charge in [0.15, 0.2) is 0 Å². The summed E-state index contributed by atoms with van der Waals surface area (Å²) in [6, 6.07) is 17.7. The van der Waals surface area contributed by atoms with E-state index < -0.39 is 0 Å². The molecule has 0 aromatic heterocycles. The van der Waals surface area contributed by atoms with Crippen LogP contribution >= 0.6 is 11.8 Å². The van der Waals surface area contributed by atoms with Gasteiger partial charge in [-0.05, 0) is 49.6 Å². The fourth-order valence-electron chi connectivity index (χ4n) is 1.85. The van der Waals surface area contributed by atoms with Gasteiger partial charge in [-0.2, -0.15) is 0 Å². The topological polar surface area (TPSA) is 0 Å². The van der Waals surface area contributed by atoms with Gasteiger partial charge in [-0.1, -0.05) is 54.9 Å². The minimum Gasteiger partial charge on any atom is -0.0901 e. The zero-order chi connectivity index (χ0) is 12.8. The number of hydrogen-bond donors (Lipinski definition) is 0. The largest absolute Gasteiger partial charge is 0.0901 e. The lowest BCUT2D eigenvalue weighted by Gasteiger charge is -2.04. The molecule has 0 atom stereocenters. The first kappa shape index (κ1) is 13.2. The van der Waals surface area contributed by atoms with Gasteiger partial charge in [-0.15, -0.1) is 0 Å². The summed E-state index contributed by atoms with van der Waals surface area (Å²) >= 11 is 1.83. The van der Waals surface area contributed by atoms with Crippen molar-refractivity contribution in [3.8, 4) is 0 Å². The molecular formula is C17H20S. The standard InChI is InChI=1S/C17H20S/c1-3-4-5-15-8-12-17(13-9-15)18-16-10-6-14(2)7-11-16/h6-13H,3-5H2,1-2H3. The predicted octanol–water partition coefficient (Wildman–Crippen LogP) is 5.49. The van der Waals surface area contributed by atoms with Gasteiger partial charge < -0.3 is 0 Å². The van der Waals surface area contributed by atoms with Gasteiger partial charge >= 0.3 is 0 Å². The molecule has 18 heavy (non-hydrogen) atoms. The molecule has 0 bridgehead atoms. The Hall–Kier alpha value is -1.21. The molecule has 0 saturated heterocycles. The normalized spacial score (nSPS) is 10.6. The van der Waals surface area contributed by atoms with E-state index in [-0.39, 0.29) is 0 Å². The molecule has 0 aliphatic rings. The van der Waals surface area contributed by atoms with Crippen LogP contribution in [0.25, 0.3) is 0 Å².